The third-order valence-corrected chi connectivity index (χ3v) is 3.72. The molecule has 2 heterocycles. The fourth-order valence-electron chi connectivity index (χ4n) is 2.53. The van der Waals surface area contributed by atoms with Gasteiger partial charge in [0.1, 0.15) is 6.04 Å². The monoisotopic (exact) mass is 300 g/mol. The second-order valence-corrected chi connectivity index (χ2v) is 4.95. The van der Waals surface area contributed by atoms with Gasteiger partial charge < -0.3 is 0 Å². The SMILES string of the molecule is C=C/C=C\C1=C(C=C)C(=O)N(C2CCC(=O)N(C)C2=O)C1=O. The number of piperidine rings is 1. The Bertz CT molecular complexity index is 657. The molecule has 1 atom stereocenters. The van der Waals surface area contributed by atoms with Crippen molar-refractivity contribution < 1.29 is 19.2 Å². The number of likely N-dealkylation sites (tertiary alicyclic amines) is 1. The smallest absolute Gasteiger partial charge is 0.262 e. The number of nitrogens with zero attached hydrogens (tertiary/aromatic N) is 2. The summed E-state index contributed by atoms with van der Waals surface area (Å²) < 4.78 is 0. The highest BCUT2D eigenvalue weighted by Gasteiger charge is 2.46. The molecule has 4 amide bonds. The third-order valence-electron chi connectivity index (χ3n) is 3.72. The largest absolute Gasteiger partial charge is 0.284 e. The van der Waals surface area contributed by atoms with E-state index in [9.17, 15) is 19.2 Å². The molecule has 0 radical (unpaired) electrons. The van der Waals surface area contributed by atoms with Gasteiger partial charge in [-0.2, -0.15) is 0 Å². The van der Waals surface area contributed by atoms with Crippen LogP contribution in [0.4, 0.5) is 0 Å². The lowest BCUT2D eigenvalue weighted by molar-refractivity contribution is -0.157. The van der Waals surface area contributed by atoms with Gasteiger partial charge in [-0.3, -0.25) is 29.0 Å². The van der Waals surface area contributed by atoms with Gasteiger partial charge in [-0.05, 0) is 12.5 Å². The zero-order chi connectivity index (χ0) is 16.4. The highest BCUT2D eigenvalue weighted by molar-refractivity contribution is 6.23. The number of allylic oxidation sites excluding steroid dienone is 2. The molecule has 1 fully saturated rings. The minimum Gasteiger partial charge on any atom is -0.284 e. The zero-order valence-corrected chi connectivity index (χ0v) is 12.2. The van der Waals surface area contributed by atoms with Crippen LogP contribution in [-0.2, 0) is 19.2 Å². The average Bonchev–Trinajstić information content (AvgIpc) is 2.74. The minimum atomic E-state index is -0.952. The molecule has 0 aromatic heterocycles. The second-order valence-electron chi connectivity index (χ2n) is 4.95. The van der Waals surface area contributed by atoms with Gasteiger partial charge in [0, 0.05) is 13.5 Å². The Morgan fingerprint density at radius 1 is 1.09 bits per heavy atom. The molecule has 0 aromatic rings. The molecule has 6 heteroatoms. The maximum atomic E-state index is 12.5. The summed E-state index contributed by atoms with van der Waals surface area (Å²) in [5, 5.41) is 0. The summed E-state index contributed by atoms with van der Waals surface area (Å²) in [5.74, 6) is -1.98. The molecule has 0 bridgehead atoms. The highest BCUT2D eigenvalue weighted by atomic mass is 16.2. The van der Waals surface area contributed by atoms with Gasteiger partial charge >= 0.3 is 0 Å². The predicted octanol–water partition coefficient (Wildman–Crippen LogP) is 0.727. The Balaban J connectivity index is 2.37. The number of hydrogen-bond acceptors (Lipinski definition) is 4. The summed E-state index contributed by atoms with van der Waals surface area (Å²) in [5.41, 5.74) is 0.322. The first-order valence-electron chi connectivity index (χ1n) is 6.78. The molecule has 0 saturated carbocycles. The molecule has 2 aliphatic heterocycles. The van der Waals surface area contributed by atoms with E-state index in [2.05, 4.69) is 13.2 Å². The maximum Gasteiger partial charge on any atom is 0.262 e. The van der Waals surface area contributed by atoms with E-state index in [1.807, 2.05) is 0 Å². The number of carbonyl (C=O) groups is 4. The van der Waals surface area contributed by atoms with E-state index in [0.29, 0.717) is 0 Å². The molecule has 0 N–H and O–H groups in total. The molecule has 0 spiro atoms. The van der Waals surface area contributed by atoms with Crippen LogP contribution in [0.3, 0.4) is 0 Å². The summed E-state index contributed by atoms with van der Waals surface area (Å²) in [6.45, 7) is 7.06. The van der Waals surface area contributed by atoms with Gasteiger partial charge in [0.15, 0.2) is 0 Å². The van der Waals surface area contributed by atoms with Crippen molar-refractivity contribution in [1.82, 2.24) is 9.80 Å². The molecular formula is C16H16N2O4. The van der Waals surface area contributed by atoms with Crippen LogP contribution in [0.15, 0.2) is 48.6 Å². The number of rotatable bonds is 4. The molecule has 1 unspecified atom stereocenters. The molecule has 0 aromatic carbocycles. The van der Waals surface area contributed by atoms with Crippen LogP contribution in [0.5, 0.6) is 0 Å². The number of imide groups is 2. The van der Waals surface area contributed by atoms with E-state index >= 15 is 0 Å². The second kappa shape index (κ2) is 5.93. The highest BCUT2D eigenvalue weighted by Crippen LogP contribution is 2.28. The molecule has 2 rings (SSSR count). The van der Waals surface area contributed by atoms with Gasteiger partial charge in [0.05, 0.1) is 11.1 Å². The Morgan fingerprint density at radius 2 is 1.73 bits per heavy atom. The maximum absolute atomic E-state index is 12.5. The summed E-state index contributed by atoms with van der Waals surface area (Å²) >= 11 is 0. The first kappa shape index (κ1) is 15.6. The van der Waals surface area contributed by atoms with Crippen LogP contribution >= 0.6 is 0 Å². The van der Waals surface area contributed by atoms with Gasteiger partial charge in [0.2, 0.25) is 5.91 Å². The van der Waals surface area contributed by atoms with Crippen LogP contribution in [0.2, 0.25) is 0 Å². The molecule has 0 aliphatic carbocycles. The van der Waals surface area contributed by atoms with Crippen molar-refractivity contribution in [1.29, 1.82) is 0 Å². The summed E-state index contributed by atoms with van der Waals surface area (Å²) in [6, 6.07) is -0.952. The van der Waals surface area contributed by atoms with E-state index in [0.717, 1.165) is 9.80 Å². The van der Waals surface area contributed by atoms with Crippen LogP contribution in [0.1, 0.15) is 12.8 Å². The average molecular weight is 300 g/mol. The number of hydrogen-bond donors (Lipinski definition) is 0. The first-order chi connectivity index (χ1) is 10.4. The molecule has 6 nitrogen and oxygen atoms in total. The van der Waals surface area contributed by atoms with E-state index in [-0.39, 0.29) is 29.9 Å². The molecule has 2 aliphatic rings. The van der Waals surface area contributed by atoms with E-state index in [4.69, 9.17) is 0 Å². The molecule has 1 saturated heterocycles. The van der Waals surface area contributed by atoms with Gasteiger partial charge in [-0.15, -0.1) is 0 Å². The number of likely N-dealkylation sites (N-methyl/N-ethyl adjacent to an activating group) is 1. The Labute approximate surface area is 128 Å². The Hall–Kier alpha value is -2.76. The van der Waals surface area contributed by atoms with Crippen molar-refractivity contribution in [3.8, 4) is 0 Å². The Morgan fingerprint density at radius 3 is 2.32 bits per heavy atom. The fraction of sp³-hybridized carbons (Fsp3) is 0.250. The summed E-state index contributed by atoms with van der Waals surface area (Å²) in [6.07, 6.45) is 6.03. The summed E-state index contributed by atoms with van der Waals surface area (Å²) in [4.78, 5) is 50.5. The fourth-order valence-corrected chi connectivity index (χ4v) is 2.53. The molecular weight excluding hydrogens is 284 g/mol. The predicted molar refractivity (Wildman–Crippen MR) is 79.2 cm³/mol. The van der Waals surface area contributed by atoms with Gasteiger partial charge in [-0.25, -0.2) is 0 Å². The number of carbonyl (C=O) groups excluding carboxylic acids is 4. The molecule has 114 valence electrons. The van der Waals surface area contributed by atoms with E-state index < -0.39 is 23.8 Å². The lowest BCUT2D eigenvalue weighted by Gasteiger charge is -2.32. The van der Waals surface area contributed by atoms with Crippen molar-refractivity contribution in [2.75, 3.05) is 7.05 Å². The molecule has 22 heavy (non-hydrogen) atoms. The normalized spacial score (nSPS) is 23.0. The third kappa shape index (κ3) is 2.32. The zero-order valence-electron chi connectivity index (χ0n) is 12.2. The minimum absolute atomic E-state index is 0.116. The van der Waals surface area contributed by atoms with Crippen molar-refractivity contribution >= 4 is 23.6 Å². The lowest BCUT2D eigenvalue weighted by Crippen LogP contribution is -2.55. The van der Waals surface area contributed by atoms with Crippen LogP contribution in [-0.4, -0.2) is 46.5 Å². The van der Waals surface area contributed by atoms with Crippen LogP contribution < -0.4 is 0 Å². The van der Waals surface area contributed by atoms with Crippen molar-refractivity contribution in [3.05, 3.63) is 48.6 Å². The Kier molecular flexibility index (Phi) is 4.21. The lowest BCUT2D eigenvalue weighted by atomic mass is 10.0. The van der Waals surface area contributed by atoms with Crippen LogP contribution in [0.25, 0.3) is 0 Å². The van der Waals surface area contributed by atoms with Crippen molar-refractivity contribution in [2.45, 2.75) is 18.9 Å². The van der Waals surface area contributed by atoms with E-state index in [1.54, 1.807) is 0 Å². The van der Waals surface area contributed by atoms with E-state index in [1.165, 1.54) is 31.4 Å². The van der Waals surface area contributed by atoms with Gasteiger partial charge in [-0.1, -0.05) is 31.4 Å². The van der Waals surface area contributed by atoms with Crippen LogP contribution in [0, 0.1) is 0 Å². The topological polar surface area (TPSA) is 74.8 Å². The summed E-state index contributed by atoms with van der Waals surface area (Å²) in [7, 11) is 1.35. The van der Waals surface area contributed by atoms with Crippen molar-refractivity contribution in [2.24, 2.45) is 0 Å². The quantitative estimate of drug-likeness (QED) is 0.566. The first-order valence-corrected chi connectivity index (χ1v) is 6.78. The van der Waals surface area contributed by atoms with Gasteiger partial charge in [0.25, 0.3) is 17.7 Å². The number of amides is 4. The standard InChI is InChI=1S/C16H16N2O4/c1-4-6-7-11-10(5-2)14(20)18(15(11)21)12-8-9-13(19)17(3)16(12)22/h4-7,12H,1-2,8-9H2,3H3/b7-6-. The van der Waals surface area contributed by atoms with Crippen molar-refractivity contribution in [3.63, 3.8) is 0 Å².